The normalized spacial score (nSPS) is 46.4. The number of fused-ring (bicyclic) bond motifs is 1. The third kappa shape index (κ3) is 1.04. The molecule has 1 saturated heterocycles. The van der Waals surface area contributed by atoms with E-state index in [-0.39, 0.29) is 0 Å². The zero-order valence-electron chi connectivity index (χ0n) is 8.11. The molecule has 0 aromatic carbocycles. The Labute approximate surface area is 85.2 Å². The van der Waals surface area contributed by atoms with E-state index in [0.717, 1.165) is 11.8 Å². The van der Waals surface area contributed by atoms with Crippen molar-refractivity contribution in [2.75, 3.05) is 5.88 Å². The van der Waals surface area contributed by atoms with Gasteiger partial charge in [-0.1, -0.05) is 6.42 Å². The first-order valence-electron chi connectivity index (χ1n) is 5.66. The third-order valence-electron chi connectivity index (χ3n) is 4.61. The Bertz CT molecular complexity index is 220. The number of hydrogen-bond acceptors (Lipinski definition) is 1. The van der Waals surface area contributed by atoms with E-state index in [0.29, 0.717) is 11.1 Å². The van der Waals surface area contributed by atoms with E-state index in [1.54, 1.807) is 0 Å². The summed E-state index contributed by atoms with van der Waals surface area (Å²) < 4.78 is 0. The molecule has 13 heavy (non-hydrogen) atoms. The summed E-state index contributed by atoms with van der Waals surface area (Å²) in [6, 6.07) is 0. The van der Waals surface area contributed by atoms with E-state index < -0.39 is 0 Å². The molecule has 2 spiro atoms. The molecule has 2 unspecified atom stereocenters. The van der Waals surface area contributed by atoms with Gasteiger partial charge in [-0.25, -0.2) is 0 Å². The van der Waals surface area contributed by atoms with Gasteiger partial charge in [0.2, 0.25) is 0 Å². The Balaban J connectivity index is 1.71. The number of nitrogens with one attached hydrogen (secondary N) is 1. The molecule has 2 atom stereocenters. The third-order valence-corrected chi connectivity index (χ3v) is 5.05. The first kappa shape index (κ1) is 8.55. The molecule has 3 aliphatic rings. The number of rotatable bonds is 1. The fourth-order valence-corrected chi connectivity index (χ4v) is 3.89. The van der Waals surface area contributed by atoms with Crippen LogP contribution in [0, 0.1) is 5.92 Å². The molecule has 0 bridgehead atoms. The molecule has 0 aromatic heterocycles. The predicted octanol–water partition coefficient (Wildman–Crippen LogP) is 2.68. The minimum atomic E-state index is 0.559. The van der Waals surface area contributed by atoms with Gasteiger partial charge in [-0.15, -0.1) is 11.6 Å². The van der Waals surface area contributed by atoms with Crippen molar-refractivity contribution in [2.24, 2.45) is 5.92 Å². The maximum absolute atomic E-state index is 5.96. The molecule has 3 fully saturated rings. The molecule has 74 valence electrons. The number of hydrogen-bond donors (Lipinski definition) is 1. The summed E-state index contributed by atoms with van der Waals surface area (Å²) in [5.74, 6) is 1.67. The molecule has 2 aliphatic carbocycles. The first-order valence-corrected chi connectivity index (χ1v) is 6.19. The summed E-state index contributed by atoms with van der Waals surface area (Å²) in [7, 11) is 0. The zero-order chi connectivity index (χ0) is 8.94. The maximum Gasteiger partial charge on any atom is 0.0372 e. The number of alkyl halides is 1. The summed E-state index contributed by atoms with van der Waals surface area (Å²) in [4.78, 5) is 0. The summed E-state index contributed by atoms with van der Waals surface area (Å²) in [6.07, 6.45) is 9.84. The Morgan fingerprint density at radius 3 is 2.46 bits per heavy atom. The summed E-state index contributed by atoms with van der Waals surface area (Å²) in [5, 5.41) is 3.80. The van der Waals surface area contributed by atoms with E-state index in [9.17, 15) is 0 Å². The van der Waals surface area contributed by atoms with E-state index in [4.69, 9.17) is 11.6 Å². The van der Waals surface area contributed by atoms with Gasteiger partial charge >= 0.3 is 0 Å². The highest BCUT2D eigenvalue weighted by atomic mass is 35.5. The van der Waals surface area contributed by atoms with Gasteiger partial charge in [-0.3, -0.25) is 0 Å². The molecule has 2 saturated carbocycles. The van der Waals surface area contributed by atoms with Gasteiger partial charge in [0.05, 0.1) is 0 Å². The highest BCUT2D eigenvalue weighted by molar-refractivity contribution is 6.18. The minimum Gasteiger partial charge on any atom is -0.302 e. The highest BCUT2D eigenvalue weighted by Crippen LogP contribution is 2.59. The molecule has 1 heterocycles. The van der Waals surface area contributed by atoms with Crippen LogP contribution in [0.5, 0.6) is 0 Å². The van der Waals surface area contributed by atoms with E-state index >= 15 is 0 Å². The average Bonchev–Trinajstić information content (AvgIpc) is 2.74. The molecule has 0 radical (unpaired) electrons. The summed E-state index contributed by atoms with van der Waals surface area (Å²) in [5.41, 5.74) is 1.17. The summed E-state index contributed by atoms with van der Waals surface area (Å²) in [6.45, 7) is 0. The lowest BCUT2D eigenvalue weighted by molar-refractivity contribution is 0.249. The van der Waals surface area contributed by atoms with Crippen molar-refractivity contribution in [1.82, 2.24) is 5.32 Å². The van der Waals surface area contributed by atoms with Crippen LogP contribution < -0.4 is 5.32 Å². The van der Waals surface area contributed by atoms with Crippen LogP contribution in [0.3, 0.4) is 0 Å². The minimum absolute atomic E-state index is 0.559. The topological polar surface area (TPSA) is 21.9 Å². The van der Waals surface area contributed by atoms with E-state index in [1.807, 2.05) is 0 Å². The monoisotopic (exact) mass is 199 g/mol. The molecule has 1 N–H and O–H groups in total. The van der Waals surface area contributed by atoms with Crippen LogP contribution in [-0.2, 0) is 0 Å². The largest absolute Gasteiger partial charge is 0.302 e. The van der Waals surface area contributed by atoms with Crippen molar-refractivity contribution in [1.29, 1.82) is 0 Å². The van der Waals surface area contributed by atoms with Crippen LogP contribution in [-0.4, -0.2) is 17.0 Å². The second kappa shape index (κ2) is 2.64. The molecule has 1 aliphatic heterocycles. The van der Waals surface area contributed by atoms with Gasteiger partial charge in [-0.05, 0) is 44.4 Å². The molecule has 0 aromatic rings. The van der Waals surface area contributed by atoms with Crippen molar-refractivity contribution in [3.8, 4) is 0 Å². The molecule has 0 amide bonds. The van der Waals surface area contributed by atoms with Crippen LogP contribution in [0.2, 0.25) is 0 Å². The van der Waals surface area contributed by atoms with Crippen LogP contribution in [0.15, 0.2) is 0 Å². The summed E-state index contributed by atoms with van der Waals surface area (Å²) >= 11 is 5.96. The fraction of sp³-hybridized carbons (Fsp3) is 1.00. The second-order valence-corrected chi connectivity index (χ2v) is 5.57. The van der Waals surface area contributed by atoms with Gasteiger partial charge in [0, 0.05) is 17.0 Å². The predicted molar refractivity (Wildman–Crippen MR) is 55.1 cm³/mol. The lowest BCUT2D eigenvalue weighted by Gasteiger charge is -2.35. The Morgan fingerprint density at radius 2 is 1.92 bits per heavy atom. The number of halogens is 1. The quantitative estimate of drug-likeness (QED) is 0.509. The first-order chi connectivity index (χ1) is 6.30. The van der Waals surface area contributed by atoms with E-state index in [1.165, 1.54) is 44.9 Å². The van der Waals surface area contributed by atoms with Crippen LogP contribution in [0.4, 0.5) is 0 Å². The zero-order valence-corrected chi connectivity index (χ0v) is 8.87. The molecule has 1 nitrogen and oxygen atoms in total. The van der Waals surface area contributed by atoms with Crippen molar-refractivity contribution >= 4 is 11.6 Å². The van der Waals surface area contributed by atoms with Crippen molar-refractivity contribution in [3.63, 3.8) is 0 Å². The van der Waals surface area contributed by atoms with Gasteiger partial charge in [0.25, 0.3) is 0 Å². The standard InChI is InChI=1S/C11H18ClN/c12-8-9-3-1-4-11(7-9)10(13-11)5-2-6-10/h9,13H,1-8H2. The van der Waals surface area contributed by atoms with Crippen LogP contribution in [0.25, 0.3) is 0 Å². The highest BCUT2D eigenvalue weighted by Gasteiger charge is 2.69. The second-order valence-electron chi connectivity index (χ2n) is 5.26. The van der Waals surface area contributed by atoms with Crippen molar-refractivity contribution in [3.05, 3.63) is 0 Å². The fourth-order valence-electron chi connectivity index (χ4n) is 3.63. The van der Waals surface area contributed by atoms with Gasteiger partial charge in [-0.2, -0.15) is 0 Å². The molecule has 2 heteroatoms. The van der Waals surface area contributed by atoms with Crippen molar-refractivity contribution in [2.45, 2.75) is 56.0 Å². The molecule has 3 rings (SSSR count). The van der Waals surface area contributed by atoms with Crippen LogP contribution in [0.1, 0.15) is 44.9 Å². The SMILES string of the molecule is ClCC1CCCC2(C1)NC21CCC1. The van der Waals surface area contributed by atoms with Gasteiger partial charge in [0.1, 0.15) is 0 Å². The smallest absolute Gasteiger partial charge is 0.0372 e. The maximum atomic E-state index is 5.96. The Morgan fingerprint density at radius 1 is 1.15 bits per heavy atom. The lowest BCUT2D eigenvalue weighted by atomic mass is 9.68. The van der Waals surface area contributed by atoms with Crippen molar-refractivity contribution < 1.29 is 0 Å². The Hall–Kier alpha value is 0.250. The van der Waals surface area contributed by atoms with E-state index in [2.05, 4.69) is 5.32 Å². The average molecular weight is 200 g/mol. The van der Waals surface area contributed by atoms with Gasteiger partial charge in [0.15, 0.2) is 0 Å². The Kier molecular flexibility index (Phi) is 1.73. The molecular formula is C11H18ClN. The van der Waals surface area contributed by atoms with Gasteiger partial charge < -0.3 is 5.32 Å². The molecular weight excluding hydrogens is 182 g/mol. The van der Waals surface area contributed by atoms with Crippen LogP contribution >= 0.6 is 11.6 Å². The lowest BCUT2D eigenvalue weighted by Crippen LogP contribution is -2.36.